The van der Waals surface area contributed by atoms with E-state index in [1.54, 1.807) is 0 Å². The molecule has 0 aromatic heterocycles. The average Bonchev–Trinajstić information content (AvgIpc) is 2.74. The second-order valence-electron chi connectivity index (χ2n) is 5.73. The van der Waals surface area contributed by atoms with E-state index in [1.807, 2.05) is 61.5 Å². The predicted molar refractivity (Wildman–Crippen MR) is 84.3 cm³/mol. The van der Waals surface area contributed by atoms with Gasteiger partial charge in [0.15, 0.2) is 5.54 Å². The van der Waals surface area contributed by atoms with Crippen molar-refractivity contribution in [2.45, 2.75) is 18.9 Å². The first-order valence-electron chi connectivity index (χ1n) is 7.24. The quantitative estimate of drug-likeness (QED) is 0.885. The lowest BCUT2D eigenvalue weighted by molar-refractivity contribution is -0.130. The fraction of sp³-hybridized carbons (Fsp3) is 0.222. The third kappa shape index (κ3) is 2.26. The van der Waals surface area contributed by atoms with Gasteiger partial charge >= 0.3 is 6.03 Å². The molecule has 1 saturated heterocycles. The van der Waals surface area contributed by atoms with E-state index in [-0.39, 0.29) is 11.9 Å². The molecule has 1 atom stereocenters. The van der Waals surface area contributed by atoms with Crippen LogP contribution in [0, 0.1) is 6.92 Å². The van der Waals surface area contributed by atoms with Gasteiger partial charge in [0.2, 0.25) is 0 Å². The number of aryl methyl sites for hydroxylation is 1. The number of imide groups is 1. The number of rotatable bonds is 3. The number of amides is 3. The van der Waals surface area contributed by atoms with Crippen molar-refractivity contribution in [2.75, 3.05) is 7.05 Å². The Bertz CT molecular complexity index is 710. The molecule has 0 bridgehead atoms. The fourth-order valence-electron chi connectivity index (χ4n) is 2.86. The molecule has 0 radical (unpaired) electrons. The van der Waals surface area contributed by atoms with Crippen molar-refractivity contribution in [3.63, 3.8) is 0 Å². The molecule has 3 amide bonds. The van der Waals surface area contributed by atoms with Crippen LogP contribution >= 0.6 is 0 Å². The van der Waals surface area contributed by atoms with Gasteiger partial charge in [-0.3, -0.25) is 9.69 Å². The molecule has 0 unspecified atom stereocenters. The second-order valence-corrected chi connectivity index (χ2v) is 5.73. The first-order chi connectivity index (χ1) is 10.5. The number of carbonyl (C=O) groups is 2. The summed E-state index contributed by atoms with van der Waals surface area (Å²) in [7, 11) is 1.51. The summed E-state index contributed by atoms with van der Waals surface area (Å²) < 4.78 is 0. The molecule has 1 aliphatic rings. The Labute approximate surface area is 129 Å². The second kappa shape index (κ2) is 5.30. The van der Waals surface area contributed by atoms with E-state index >= 15 is 0 Å². The zero-order valence-corrected chi connectivity index (χ0v) is 12.7. The van der Waals surface area contributed by atoms with Gasteiger partial charge in [0.25, 0.3) is 5.91 Å². The SMILES string of the molecule is Cc1ccc([C@@]2(Cc3ccccc3)NC(=O)N(C)C2=O)cc1. The van der Waals surface area contributed by atoms with Crippen molar-refractivity contribution in [1.29, 1.82) is 0 Å². The summed E-state index contributed by atoms with van der Waals surface area (Å²) in [5, 5.41) is 2.89. The van der Waals surface area contributed by atoms with Gasteiger partial charge in [0, 0.05) is 13.5 Å². The molecule has 112 valence electrons. The normalized spacial score (nSPS) is 21.1. The van der Waals surface area contributed by atoms with Gasteiger partial charge in [-0.15, -0.1) is 0 Å². The van der Waals surface area contributed by atoms with Crippen LogP contribution in [-0.2, 0) is 16.8 Å². The van der Waals surface area contributed by atoms with Crippen LogP contribution in [0.25, 0.3) is 0 Å². The van der Waals surface area contributed by atoms with E-state index in [2.05, 4.69) is 5.32 Å². The third-order valence-electron chi connectivity index (χ3n) is 4.15. The fourth-order valence-corrected chi connectivity index (χ4v) is 2.86. The van der Waals surface area contributed by atoms with Gasteiger partial charge in [-0.1, -0.05) is 60.2 Å². The highest BCUT2D eigenvalue weighted by Crippen LogP contribution is 2.32. The standard InChI is InChI=1S/C18H18N2O2/c1-13-8-10-15(11-9-13)18(12-14-6-4-3-5-7-14)16(21)20(2)17(22)19-18/h3-11H,12H2,1-2H3,(H,19,22)/t18-/m1/s1. The van der Waals surface area contributed by atoms with Crippen molar-refractivity contribution in [3.8, 4) is 0 Å². The number of hydrogen-bond donors (Lipinski definition) is 1. The van der Waals surface area contributed by atoms with Crippen LogP contribution in [0.5, 0.6) is 0 Å². The minimum Gasteiger partial charge on any atom is -0.319 e. The molecule has 0 spiro atoms. The lowest BCUT2D eigenvalue weighted by Crippen LogP contribution is -2.45. The van der Waals surface area contributed by atoms with Gasteiger partial charge < -0.3 is 5.32 Å². The molecule has 3 rings (SSSR count). The van der Waals surface area contributed by atoms with Crippen molar-refractivity contribution in [3.05, 3.63) is 71.3 Å². The average molecular weight is 294 g/mol. The van der Waals surface area contributed by atoms with Crippen LogP contribution in [0.3, 0.4) is 0 Å². The Morgan fingerprint density at radius 3 is 2.18 bits per heavy atom. The minimum atomic E-state index is -1.03. The van der Waals surface area contributed by atoms with Crippen molar-refractivity contribution in [2.24, 2.45) is 0 Å². The molecule has 0 aliphatic carbocycles. The Morgan fingerprint density at radius 2 is 1.64 bits per heavy atom. The molecule has 4 nitrogen and oxygen atoms in total. The summed E-state index contributed by atoms with van der Waals surface area (Å²) in [6.45, 7) is 1.99. The first kappa shape index (κ1) is 14.3. The summed E-state index contributed by atoms with van der Waals surface area (Å²) in [4.78, 5) is 26.0. The van der Waals surface area contributed by atoms with E-state index in [1.165, 1.54) is 7.05 Å². The van der Waals surface area contributed by atoms with Crippen LogP contribution < -0.4 is 5.32 Å². The van der Waals surface area contributed by atoms with Crippen LogP contribution in [0.1, 0.15) is 16.7 Å². The molecule has 4 heteroatoms. The van der Waals surface area contributed by atoms with Crippen LogP contribution in [0.2, 0.25) is 0 Å². The number of benzene rings is 2. The molecule has 2 aromatic carbocycles. The smallest absolute Gasteiger partial charge is 0.319 e. The van der Waals surface area contributed by atoms with Crippen molar-refractivity contribution in [1.82, 2.24) is 10.2 Å². The molecular formula is C18H18N2O2. The highest BCUT2D eigenvalue weighted by atomic mass is 16.2. The first-order valence-corrected chi connectivity index (χ1v) is 7.24. The maximum Gasteiger partial charge on any atom is 0.325 e. The van der Waals surface area contributed by atoms with Gasteiger partial charge in [0.05, 0.1) is 0 Å². The zero-order chi connectivity index (χ0) is 15.7. The number of nitrogens with one attached hydrogen (secondary N) is 1. The van der Waals surface area contributed by atoms with Gasteiger partial charge in [0.1, 0.15) is 0 Å². The Morgan fingerprint density at radius 1 is 1.00 bits per heavy atom. The van der Waals surface area contributed by atoms with Gasteiger partial charge in [-0.05, 0) is 18.1 Å². The summed E-state index contributed by atoms with van der Waals surface area (Å²) in [6.07, 6.45) is 0.436. The summed E-state index contributed by atoms with van der Waals surface area (Å²) in [5.41, 5.74) is 1.90. The van der Waals surface area contributed by atoms with E-state index in [0.717, 1.165) is 21.6 Å². The van der Waals surface area contributed by atoms with E-state index in [0.29, 0.717) is 6.42 Å². The van der Waals surface area contributed by atoms with Crippen molar-refractivity contribution < 1.29 is 9.59 Å². The highest BCUT2D eigenvalue weighted by Gasteiger charge is 2.50. The zero-order valence-electron chi connectivity index (χ0n) is 12.7. The topological polar surface area (TPSA) is 49.4 Å². The van der Waals surface area contributed by atoms with E-state index < -0.39 is 5.54 Å². The molecule has 0 saturated carbocycles. The van der Waals surface area contributed by atoms with E-state index in [9.17, 15) is 9.59 Å². The van der Waals surface area contributed by atoms with Crippen LogP contribution in [-0.4, -0.2) is 23.9 Å². The summed E-state index contributed by atoms with van der Waals surface area (Å²) in [6, 6.07) is 17.1. The third-order valence-corrected chi connectivity index (χ3v) is 4.15. The molecule has 22 heavy (non-hydrogen) atoms. The van der Waals surface area contributed by atoms with Crippen molar-refractivity contribution >= 4 is 11.9 Å². The Balaban J connectivity index is 2.09. The summed E-state index contributed by atoms with van der Waals surface area (Å²) >= 11 is 0. The van der Waals surface area contributed by atoms with Gasteiger partial charge in [-0.2, -0.15) is 0 Å². The largest absolute Gasteiger partial charge is 0.325 e. The predicted octanol–water partition coefficient (Wildman–Crippen LogP) is 2.61. The molecule has 2 aromatic rings. The molecule has 1 aliphatic heterocycles. The lowest BCUT2D eigenvalue weighted by atomic mass is 9.83. The number of likely N-dealkylation sites (N-methyl/N-ethyl adjacent to an activating group) is 1. The maximum absolute atomic E-state index is 12.8. The minimum absolute atomic E-state index is 0.217. The highest BCUT2D eigenvalue weighted by molar-refractivity contribution is 6.07. The Kier molecular flexibility index (Phi) is 3.45. The summed E-state index contributed by atoms with van der Waals surface area (Å²) in [5.74, 6) is -0.217. The molecular weight excluding hydrogens is 276 g/mol. The molecule has 1 heterocycles. The molecule has 1 N–H and O–H groups in total. The lowest BCUT2D eigenvalue weighted by Gasteiger charge is -2.27. The van der Waals surface area contributed by atoms with Crippen LogP contribution in [0.4, 0.5) is 4.79 Å². The number of nitrogens with zero attached hydrogens (tertiary/aromatic N) is 1. The maximum atomic E-state index is 12.8. The van der Waals surface area contributed by atoms with Gasteiger partial charge in [-0.25, -0.2) is 4.79 Å². The van der Waals surface area contributed by atoms with Crippen LogP contribution in [0.15, 0.2) is 54.6 Å². The number of hydrogen-bond acceptors (Lipinski definition) is 2. The Hall–Kier alpha value is -2.62. The number of urea groups is 1. The molecule has 1 fully saturated rings. The monoisotopic (exact) mass is 294 g/mol. The number of carbonyl (C=O) groups excluding carboxylic acids is 2. The van der Waals surface area contributed by atoms with E-state index in [4.69, 9.17) is 0 Å².